The number of carboxylic acid groups (broad SMARTS) is 1. The number of hydrogen-bond acceptors (Lipinski definition) is 7. The van der Waals surface area contributed by atoms with E-state index in [2.05, 4.69) is 4.99 Å². The third kappa shape index (κ3) is 5.23. The number of non-ortho nitro benzene ring substituents is 1. The third-order valence-corrected chi connectivity index (χ3v) is 6.14. The maximum Gasteiger partial charge on any atom is 0.335 e. The van der Waals surface area contributed by atoms with Crippen LogP contribution in [0, 0.1) is 10.1 Å². The Balaban J connectivity index is 2.05. The number of rotatable bonds is 7. The first-order valence-electron chi connectivity index (χ1n) is 10.1. The van der Waals surface area contributed by atoms with Gasteiger partial charge in [0.05, 0.1) is 29.3 Å². The lowest BCUT2D eigenvalue weighted by Gasteiger charge is -2.36. The van der Waals surface area contributed by atoms with E-state index in [0.717, 1.165) is 11.3 Å². The molecule has 1 N–H and O–H groups in total. The summed E-state index contributed by atoms with van der Waals surface area (Å²) in [5, 5.41) is 21.6. The van der Waals surface area contributed by atoms with Crippen molar-refractivity contribution in [3.8, 4) is 5.75 Å². The molecule has 1 aliphatic heterocycles. The molecule has 0 bridgehead atoms. The van der Waals surface area contributed by atoms with Gasteiger partial charge in [-0.25, -0.2) is 9.79 Å². The zero-order valence-corrected chi connectivity index (χ0v) is 19.2. The van der Waals surface area contributed by atoms with Crippen molar-refractivity contribution < 1.29 is 24.4 Å². The fraction of sp³-hybridized carbons (Fsp3) is 0.261. The van der Waals surface area contributed by atoms with Crippen LogP contribution in [0.4, 0.5) is 5.69 Å². The molecule has 33 heavy (non-hydrogen) atoms. The van der Waals surface area contributed by atoms with Gasteiger partial charge >= 0.3 is 5.97 Å². The normalized spacial score (nSPS) is 15.8. The summed E-state index contributed by atoms with van der Waals surface area (Å²) in [6, 6.07) is 12.1. The molecule has 2 aromatic rings. The number of benzene rings is 2. The van der Waals surface area contributed by atoms with Crippen LogP contribution in [0.5, 0.6) is 5.75 Å². The topological polar surface area (TPSA) is 122 Å². The van der Waals surface area contributed by atoms with Crippen molar-refractivity contribution in [3.05, 3.63) is 81.0 Å². The van der Waals surface area contributed by atoms with E-state index in [-0.39, 0.29) is 29.3 Å². The lowest BCUT2D eigenvalue weighted by Crippen LogP contribution is -2.43. The molecule has 9 nitrogen and oxygen atoms in total. The lowest BCUT2D eigenvalue weighted by molar-refractivity contribution is -0.384. The third-order valence-electron chi connectivity index (χ3n) is 5.12. The molecule has 0 radical (unpaired) electrons. The van der Waals surface area contributed by atoms with Crippen LogP contribution in [0.25, 0.3) is 0 Å². The highest BCUT2D eigenvalue weighted by Crippen LogP contribution is 2.39. The van der Waals surface area contributed by atoms with Gasteiger partial charge in [0.15, 0.2) is 5.17 Å². The lowest BCUT2D eigenvalue weighted by atomic mass is 9.94. The average molecular weight is 470 g/mol. The van der Waals surface area contributed by atoms with Crippen LogP contribution in [-0.2, 0) is 15.3 Å². The number of allylic oxidation sites excluding steroid dienone is 1. The Kier molecular flexibility index (Phi) is 7.49. The minimum atomic E-state index is -1.24. The molecule has 0 aromatic heterocycles. The number of ether oxygens (including phenoxy) is 1. The molecule has 1 unspecified atom stereocenters. The number of amidine groups is 1. The average Bonchev–Trinajstić information content (AvgIpc) is 2.81. The number of aliphatic imine (C=N–C) groups is 1. The van der Waals surface area contributed by atoms with Crippen LogP contribution in [0.2, 0.25) is 0 Å². The standard InChI is InChI=1S/C23H23N3O6S/c1-4-19(27)25-21(16-6-5-7-17(12-16)26(30)31)20(22(28)29)14(2)24-23(25)33-13-15-8-10-18(32-3)11-9-15/h5-12,21H,4,13H2,1-3H3,(H,28,29). The molecule has 0 spiro atoms. The minimum absolute atomic E-state index is 0.0916. The molecule has 172 valence electrons. The van der Waals surface area contributed by atoms with Crippen molar-refractivity contribution in [3.63, 3.8) is 0 Å². The Labute approximate surface area is 194 Å². The highest BCUT2D eigenvalue weighted by atomic mass is 32.2. The summed E-state index contributed by atoms with van der Waals surface area (Å²) in [6.07, 6.45) is 0.111. The van der Waals surface area contributed by atoms with Crippen LogP contribution < -0.4 is 4.74 Å². The number of aliphatic carboxylic acids is 1. The molecule has 1 atom stereocenters. The van der Waals surface area contributed by atoms with Gasteiger partial charge < -0.3 is 9.84 Å². The number of methoxy groups -OCH3 is 1. The zero-order chi connectivity index (χ0) is 24.1. The molecular weight excluding hydrogens is 446 g/mol. The highest BCUT2D eigenvalue weighted by molar-refractivity contribution is 8.13. The molecule has 0 fully saturated rings. The number of thioether (sulfide) groups is 1. The first-order valence-corrected chi connectivity index (χ1v) is 11.1. The number of nitro benzene ring substituents is 1. The highest BCUT2D eigenvalue weighted by Gasteiger charge is 2.39. The first-order chi connectivity index (χ1) is 15.8. The van der Waals surface area contributed by atoms with Gasteiger partial charge in [0.1, 0.15) is 5.75 Å². The van der Waals surface area contributed by atoms with Gasteiger partial charge in [-0.3, -0.25) is 19.8 Å². The summed E-state index contributed by atoms with van der Waals surface area (Å²) in [5.74, 6) is -0.370. The van der Waals surface area contributed by atoms with Crippen molar-refractivity contribution in [2.45, 2.75) is 32.1 Å². The van der Waals surface area contributed by atoms with E-state index in [4.69, 9.17) is 4.74 Å². The summed E-state index contributed by atoms with van der Waals surface area (Å²) in [6.45, 7) is 3.24. The maximum absolute atomic E-state index is 13.0. The molecular formula is C23H23N3O6S. The summed E-state index contributed by atoms with van der Waals surface area (Å²) >= 11 is 1.30. The quantitative estimate of drug-likeness (QED) is 0.466. The molecule has 0 aliphatic carbocycles. The Bertz CT molecular complexity index is 1140. The number of carboxylic acids is 1. The van der Waals surface area contributed by atoms with Crippen molar-refractivity contribution >= 4 is 34.5 Å². The second kappa shape index (κ2) is 10.3. The number of nitrogens with zero attached hydrogens (tertiary/aromatic N) is 3. The van der Waals surface area contributed by atoms with Gasteiger partial charge in [0, 0.05) is 24.3 Å². The largest absolute Gasteiger partial charge is 0.497 e. The molecule has 2 aromatic carbocycles. The molecule has 10 heteroatoms. The van der Waals surface area contributed by atoms with E-state index in [9.17, 15) is 24.8 Å². The predicted octanol–water partition coefficient (Wildman–Crippen LogP) is 4.54. The molecule has 1 aliphatic rings. The number of amides is 1. The van der Waals surface area contributed by atoms with Crippen LogP contribution in [0.3, 0.4) is 0 Å². The van der Waals surface area contributed by atoms with Crippen molar-refractivity contribution in [1.82, 2.24) is 4.90 Å². The van der Waals surface area contributed by atoms with E-state index >= 15 is 0 Å². The maximum atomic E-state index is 13.0. The predicted molar refractivity (Wildman–Crippen MR) is 125 cm³/mol. The Morgan fingerprint density at radius 3 is 2.52 bits per heavy atom. The molecule has 3 rings (SSSR count). The van der Waals surface area contributed by atoms with Crippen LogP contribution in [0.15, 0.2) is 64.8 Å². The summed E-state index contributed by atoms with van der Waals surface area (Å²) in [7, 11) is 1.58. The Morgan fingerprint density at radius 2 is 1.94 bits per heavy atom. The summed E-state index contributed by atoms with van der Waals surface area (Å²) < 4.78 is 5.17. The molecule has 1 amide bonds. The monoisotopic (exact) mass is 469 g/mol. The van der Waals surface area contributed by atoms with E-state index in [0.29, 0.717) is 16.5 Å². The van der Waals surface area contributed by atoms with Gasteiger partial charge in [-0.15, -0.1) is 0 Å². The fourth-order valence-electron chi connectivity index (χ4n) is 3.48. The van der Waals surface area contributed by atoms with Crippen LogP contribution in [-0.4, -0.2) is 39.1 Å². The number of hydrogen-bond donors (Lipinski definition) is 1. The smallest absolute Gasteiger partial charge is 0.335 e. The molecule has 0 saturated heterocycles. The SMILES string of the molecule is CCC(=O)N1C(SCc2ccc(OC)cc2)=NC(C)=C(C(=O)O)C1c1cccc([N+](=O)[O-])c1. The van der Waals surface area contributed by atoms with Crippen LogP contribution >= 0.6 is 11.8 Å². The van der Waals surface area contributed by atoms with E-state index in [1.807, 2.05) is 24.3 Å². The zero-order valence-electron chi connectivity index (χ0n) is 18.3. The minimum Gasteiger partial charge on any atom is -0.497 e. The second-order valence-electron chi connectivity index (χ2n) is 7.21. The Hall–Kier alpha value is -3.66. The van der Waals surface area contributed by atoms with Gasteiger partial charge in [-0.05, 0) is 30.2 Å². The summed E-state index contributed by atoms with van der Waals surface area (Å²) in [4.78, 5) is 41.7. The Morgan fingerprint density at radius 1 is 1.24 bits per heavy atom. The molecule has 1 heterocycles. The van der Waals surface area contributed by atoms with Crippen molar-refractivity contribution in [2.24, 2.45) is 4.99 Å². The van der Waals surface area contributed by atoms with Gasteiger partial charge in [-0.1, -0.05) is 43.0 Å². The van der Waals surface area contributed by atoms with E-state index in [1.165, 1.54) is 34.9 Å². The number of carbonyl (C=O) groups excluding carboxylic acids is 1. The number of nitro groups is 1. The first kappa shape index (κ1) is 24.0. The number of carbonyl (C=O) groups is 2. The molecule has 0 saturated carbocycles. The fourth-order valence-corrected chi connectivity index (χ4v) is 4.52. The van der Waals surface area contributed by atoms with Gasteiger partial charge in [0.2, 0.25) is 5.91 Å². The van der Waals surface area contributed by atoms with Crippen molar-refractivity contribution in [2.75, 3.05) is 7.11 Å². The summed E-state index contributed by atoms with van der Waals surface area (Å²) in [5.41, 5.74) is 1.27. The van der Waals surface area contributed by atoms with Crippen LogP contribution in [0.1, 0.15) is 37.4 Å². The van der Waals surface area contributed by atoms with Gasteiger partial charge in [-0.2, -0.15) is 0 Å². The second-order valence-corrected chi connectivity index (χ2v) is 8.15. The van der Waals surface area contributed by atoms with E-state index in [1.54, 1.807) is 27.0 Å². The van der Waals surface area contributed by atoms with E-state index < -0.39 is 16.9 Å². The van der Waals surface area contributed by atoms with Crippen molar-refractivity contribution in [1.29, 1.82) is 0 Å². The van der Waals surface area contributed by atoms with Gasteiger partial charge in [0.25, 0.3) is 5.69 Å².